The van der Waals surface area contributed by atoms with E-state index in [2.05, 4.69) is 29.1 Å². The number of aromatic nitrogens is 2. The molecular formula is C17H17FN4. The monoisotopic (exact) mass is 296 g/mol. The fourth-order valence-electron chi connectivity index (χ4n) is 2.34. The van der Waals surface area contributed by atoms with Gasteiger partial charge in [0.1, 0.15) is 11.5 Å². The molecule has 0 aliphatic rings. The molecule has 1 aromatic carbocycles. The van der Waals surface area contributed by atoms with Crippen LogP contribution in [0, 0.1) is 12.7 Å². The third kappa shape index (κ3) is 2.62. The normalized spacial score (nSPS) is 11.9. The molecule has 0 fully saturated rings. The molecule has 3 rings (SSSR count). The summed E-state index contributed by atoms with van der Waals surface area (Å²) in [6.45, 7) is 6.15. The van der Waals surface area contributed by atoms with Gasteiger partial charge in [0.25, 0.3) is 0 Å². The first-order chi connectivity index (χ1) is 10.6. The lowest BCUT2D eigenvalue weighted by Crippen LogP contribution is -1.87. The number of benzene rings is 1. The predicted molar refractivity (Wildman–Crippen MR) is 84.6 cm³/mol. The Bertz CT molecular complexity index is 849. The number of hydrogen-bond acceptors (Lipinski definition) is 3. The van der Waals surface area contributed by atoms with Crippen molar-refractivity contribution in [3.8, 4) is 0 Å². The Balaban J connectivity index is 2.13. The SMILES string of the molecule is Cc1cccn2c(N=Nc3cccc(F)c3)c(C(C)C)nc12. The lowest BCUT2D eigenvalue weighted by atomic mass is 10.1. The van der Waals surface area contributed by atoms with Gasteiger partial charge in [-0.1, -0.05) is 26.0 Å². The van der Waals surface area contributed by atoms with E-state index >= 15 is 0 Å². The molecule has 0 saturated heterocycles. The van der Waals surface area contributed by atoms with E-state index in [0.29, 0.717) is 11.5 Å². The summed E-state index contributed by atoms with van der Waals surface area (Å²) >= 11 is 0. The van der Waals surface area contributed by atoms with Crippen molar-refractivity contribution >= 4 is 17.2 Å². The summed E-state index contributed by atoms with van der Waals surface area (Å²) in [5.41, 5.74) is 3.32. The van der Waals surface area contributed by atoms with Gasteiger partial charge in [-0.25, -0.2) is 9.37 Å². The number of fused-ring (bicyclic) bond motifs is 1. The molecule has 22 heavy (non-hydrogen) atoms. The maximum Gasteiger partial charge on any atom is 0.183 e. The quantitative estimate of drug-likeness (QED) is 0.603. The van der Waals surface area contributed by atoms with Gasteiger partial charge in [-0.05, 0) is 36.6 Å². The Labute approximate surface area is 128 Å². The molecule has 5 heteroatoms. The molecule has 3 aromatic rings. The van der Waals surface area contributed by atoms with Gasteiger partial charge in [-0.3, -0.25) is 4.40 Å². The predicted octanol–water partition coefficient (Wildman–Crippen LogP) is 5.32. The Morgan fingerprint density at radius 3 is 2.68 bits per heavy atom. The highest BCUT2D eigenvalue weighted by molar-refractivity contribution is 5.57. The van der Waals surface area contributed by atoms with Gasteiger partial charge < -0.3 is 0 Å². The van der Waals surface area contributed by atoms with E-state index < -0.39 is 0 Å². The van der Waals surface area contributed by atoms with Gasteiger partial charge >= 0.3 is 0 Å². The van der Waals surface area contributed by atoms with Crippen molar-refractivity contribution in [3.63, 3.8) is 0 Å². The molecule has 4 nitrogen and oxygen atoms in total. The number of imidazole rings is 1. The number of hydrogen-bond donors (Lipinski definition) is 0. The van der Waals surface area contributed by atoms with Gasteiger partial charge in [0.15, 0.2) is 5.82 Å². The van der Waals surface area contributed by atoms with E-state index in [9.17, 15) is 4.39 Å². The minimum Gasteiger partial charge on any atom is -0.283 e. The Morgan fingerprint density at radius 1 is 1.14 bits per heavy atom. The second kappa shape index (κ2) is 5.67. The second-order valence-electron chi connectivity index (χ2n) is 5.54. The average Bonchev–Trinajstić information content (AvgIpc) is 2.86. The number of nitrogens with zero attached hydrogens (tertiary/aromatic N) is 4. The summed E-state index contributed by atoms with van der Waals surface area (Å²) in [7, 11) is 0. The highest BCUT2D eigenvalue weighted by Crippen LogP contribution is 2.30. The number of rotatable bonds is 3. The molecule has 0 aliphatic heterocycles. The zero-order chi connectivity index (χ0) is 15.7. The average molecular weight is 296 g/mol. The van der Waals surface area contributed by atoms with Gasteiger partial charge in [0.05, 0.1) is 11.4 Å². The summed E-state index contributed by atoms with van der Waals surface area (Å²) in [6, 6.07) is 10.0. The minimum absolute atomic E-state index is 0.223. The fourth-order valence-corrected chi connectivity index (χ4v) is 2.34. The summed E-state index contributed by atoms with van der Waals surface area (Å²) in [4.78, 5) is 4.68. The zero-order valence-corrected chi connectivity index (χ0v) is 12.8. The molecule has 0 atom stereocenters. The van der Waals surface area contributed by atoms with Gasteiger partial charge in [-0.2, -0.15) is 0 Å². The molecule has 0 amide bonds. The highest BCUT2D eigenvalue weighted by Gasteiger charge is 2.15. The van der Waals surface area contributed by atoms with Crippen molar-refractivity contribution in [1.82, 2.24) is 9.38 Å². The Morgan fingerprint density at radius 2 is 1.95 bits per heavy atom. The smallest absolute Gasteiger partial charge is 0.183 e. The summed E-state index contributed by atoms with van der Waals surface area (Å²) in [5, 5.41) is 8.48. The van der Waals surface area contributed by atoms with Gasteiger partial charge in [-0.15, -0.1) is 10.2 Å². The molecule has 0 unspecified atom stereocenters. The molecule has 0 spiro atoms. The Kier molecular flexibility index (Phi) is 3.71. The van der Waals surface area contributed by atoms with E-state index in [4.69, 9.17) is 0 Å². The fraction of sp³-hybridized carbons (Fsp3) is 0.235. The first-order valence-corrected chi connectivity index (χ1v) is 7.21. The van der Waals surface area contributed by atoms with Crippen LogP contribution < -0.4 is 0 Å². The first kappa shape index (κ1) is 14.4. The molecular weight excluding hydrogens is 279 g/mol. The van der Waals surface area contributed by atoms with Crippen molar-refractivity contribution in [1.29, 1.82) is 0 Å². The lowest BCUT2D eigenvalue weighted by Gasteiger charge is -2.01. The topological polar surface area (TPSA) is 42.0 Å². The van der Waals surface area contributed by atoms with E-state index in [1.807, 2.05) is 29.7 Å². The number of halogens is 1. The van der Waals surface area contributed by atoms with Crippen molar-refractivity contribution in [2.45, 2.75) is 26.7 Å². The minimum atomic E-state index is -0.325. The standard InChI is InChI=1S/C17H17FN4/c1-11(2)15-17(21-20-14-8-4-7-13(18)10-14)22-9-5-6-12(3)16(22)19-15/h4-11H,1-3H3. The van der Waals surface area contributed by atoms with Crippen LogP contribution in [0.25, 0.3) is 5.65 Å². The summed E-state index contributed by atoms with van der Waals surface area (Å²) < 4.78 is 15.2. The van der Waals surface area contributed by atoms with Crippen molar-refractivity contribution in [2.24, 2.45) is 10.2 Å². The molecule has 112 valence electrons. The largest absolute Gasteiger partial charge is 0.283 e. The van der Waals surface area contributed by atoms with Crippen LogP contribution in [0.2, 0.25) is 0 Å². The van der Waals surface area contributed by atoms with Crippen LogP contribution in [0.15, 0.2) is 52.8 Å². The molecule has 2 heterocycles. The van der Waals surface area contributed by atoms with Gasteiger partial charge in [0.2, 0.25) is 0 Å². The van der Waals surface area contributed by atoms with Crippen LogP contribution in [-0.4, -0.2) is 9.38 Å². The third-order valence-electron chi connectivity index (χ3n) is 3.46. The van der Waals surface area contributed by atoms with Crippen LogP contribution in [0.4, 0.5) is 15.9 Å². The number of azo groups is 1. The summed E-state index contributed by atoms with van der Waals surface area (Å²) in [5.74, 6) is 0.591. The molecule has 0 N–H and O–H groups in total. The van der Waals surface area contributed by atoms with Crippen LogP contribution >= 0.6 is 0 Å². The molecule has 2 aromatic heterocycles. The van der Waals surface area contributed by atoms with Crippen molar-refractivity contribution in [2.75, 3.05) is 0 Å². The van der Waals surface area contributed by atoms with Crippen LogP contribution in [0.3, 0.4) is 0 Å². The maximum atomic E-state index is 13.2. The Hall–Kier alpha value is -2.56. The molecule has 0 bridgehead atoms. The van der Waals surface area contributed by atoms with Crippen LogP contribution in [0.1, 0.15) is 31.0 Å². The first-order valence-electron chi connectivity index (χ1n) is 7.21. The molecule has 0 saturated carbocycles. The third-order valence-corrected chi connectivity index (χ3v) is 3.46. The van der Waals surface area contributed by atoms with Crippen LogP contribution in [-0.2, 0) is 0 Å². The highest BCUT2D eigenvalue weighted by atomic mass is 19.1. The van der Waals surface area contributed by atoms with Crippen LogP contribution in [0.5, 0.6) is 0 Å². The molecule has 0 radical (unpaired) electrons. The van der Waals surface area contributed by atoms with E-state index in [0.717, 1.165) is 16.9 Å². The van der Waals surface area contributed by atoms with Gasteiger partial charge in [0, 0.05) is 12.3 Å². The lowest BCUT2D eigenvalue weighted by molar-refractivity contribution is 0.628. The van der Waals surface area contributed by atoms with Crippen molar-refractivity contribution in [3.05, 3.63) is 59.7 Å². The zero-order valence-electron chi connectivity index (χ0n) is 12.8. The number of pyridine rings is 1. The van der Waals surface area contributed by atoms with E-state index in [1.54, 1.807) is 12.1 Å². The van der Waals surface area contributed by atoms with E-state index in [1.165, 1.54) is 12.1 Å². The van der Waals surface area contributed by atoms with Crippen molar-refractivity contribution < 1.29 is 4.39 Å². The maximum absolute atomic E-state index is 13.2. The summed E-state index contributed by atoms with van der Waals surface area (Å²) in [6.07, 6.45) is 1.92. The van der Waals surface area contributed by atoms with E-state index in [-0.39, 0.29) is 11.7 Å². The molecule has 0 aliphatic carbocycles. The number of aryl methyl sites for hydroxylation is 1. The second-order valence-corrected chi connectivity index (χ2v) is 5.54.